The van der Waals surface area contributed by atoms with Crippen LogP contribution in [0.4, 0.5) is 4.79 Å². The van der Waals surface area contributed by atoms with E-state index in [9.17, 15) is 19.5 Å². The Hall–Kier alpha value is -1.44. The number of carboxylic acids is 1. The van der Waals surface area contributed by atoms with Gasteiger partial charge in [-0.1, -0.05) is 46.5 Å². The molecule has 2 aliphatic rings. The van der Waals surface area contributed by atoms with Gasteiger partial charge in [0, 0.05) is 24.0 Å². The molecule has 2 rings (SSSR count). The van der Waals surface area contributed by atoms with E-state index in [0.29, 0.717) is 30.7 Å². The molecule has 3 amide bonds. The van der Waals surface area contributed by atoms with Gasteiger partial charge in [-0.15, -0.1) is 0 Å². The van der Waals surface area contributed by atoms with Crippen molar-refractivity contribution in [3.8, 4) is 0 Å². The second-order valence-corrected chi connectivity index (χ2v) is 10.9. The van der Waals surface area contributed by atoms with Gasteiger partial charge in [0.2, 0.25) is 5.91 Å². The Morgan fingerprint density at radius 3 is 2.57 bits per heavy atom. The van der Waals surface area contributed by atoms with Crippen LogP contribution in [0, 0.1) is 11.3 Å². The smallest absolute Gasteiger partial charge is 0.315 e. The van der Waals surface area contributed by atoms with Gasteiger partial charge in [-0.25, -0.2) is 4.79 Å². The van der Waals surface area contributed by atoms with E-state index < -0.39 is 5.97 Å². The normalized spacial score (nSPS) is 24.1. The predicted octanol–water partition coefficient (Wildman–Crippen LogP) is 3.53. The molecular weight excluding hydrogens is 402 g/mol. The van der Waals surface area contributed by atoms with Crippen molar-refractivity contribution in [1.29, 1.82) is 0 Å². The third kappa shape index (κ3) is 8.00. The third-order valence-electron chi connectivity index (χ3n) is 6.17. The molecule has 2 saturated heterocycles. The van der Waals surface area contributed by atoms with Crippen molar-refractivity contribution in [1.82, 2.24) is 16.0 Å². The van der Waals surface area contributed by atoms with E-state index >= 15 is 0 Å². The van der Waals surface area contributed by atoms with Crippen LogP contribution in [0.1, 0.15) is 78.6 Å². The first-order chi connectivity index (χ1) is 14.2. The van der Waals surface area contributed by atoms with E-state index in [1.54, 1.807) is 0 Å². The minimum absolute atomic E-state index is 0.0304. The summed E-state index contributed by atoms with van der Waals surface area (Å²) in [5.74, 6) is 0.0153. The van der Waals surface area contributed by atoms with Crippen molar-refractivity contribution in [2.75, 3.05) is 12.3 Å². The largest absolute Gasteiger partial charge is 0.481 e. The van der Waals surface area contributed by atoms with Gasteiger partial charge in [0.25, 0.3) is 0 Å². The Kier molecular flexibility index (Phi) is 9.78. The molecule has 7 nitrogen and oxygen atoms in total. The summed E-state index contributed by atoms with van der Waals surface area (Å²) in [6, 6.07) is 0.541. The summed E-state index contributed by atoms with van der Waals surface area (Å²) in [5.41, 5.74) is -0.241. The molecular formula is C22H39N3O4S. The van der Waals surface area contributed by atoms with E-state index in [-0.39, 0.29) is 29.3 Å². The first-order valence-electron chi connectivity index (χ1n) is 11.4. The van der Waals surface area contributed by atoms with Gasteiger partial charge in [0.05, 0.1) is 18.0 Å². The molecule has 0 bridgehead atoms. The van der Waals surface area contributed by atoms with Crippen LogP contribution in [0.2, 0.25) is 0 Å². The number of unbranched alkanes of at least 4 members (excludes halogenated alkanes) is 4. The van der Waals surface area contributed by atoms with Gasteiger partial charge in [0.1, 0.15) is 0 Å². The Morgan fingerprint density at radius 2 is 1.87 bits per heavy atom. The number of fused-ring (bicyclic) bond motifs is 1. The summed E-state index contributed by atoms with van der Waals surface area (Å²) in [6.07, 6.45) is 8.16. The molecule has 0 aromatic rings. The lowest BCUT2D eigenvalue weighted by Gasteiger charge is -2.26. The Bertz CT molecular complexity index is 593. The SMILES string of the molecule is CC(C)(C)C(CCCCNC(=O)CCCCCCC1SCC2NC(=O)NC21)C(=O)O. The van der Waals surface area contributed by atoms with E-state index in [1.165, 1.54) is 0 Å². The van der Waals surface area contributed by atoms with Crippen molar-refractivity contribution < 1.29 is 19.5 Å². The number of hydrogen-bond acceptors (Lipinski definition) is 4. The zero-order chi connectivity index (χ0) is 22.1. The summed E-state index contributed by atoms with van der Waals surface area (Å²) >= 11 is 1.95. The average molecular weight is 442 g/mol. The maximum Gasteiger partial charge on any atom is 0.315 e. The number of carbonyl (C=O) groups excluding carboxylic acids is 2. The quantitative estimate of drug-likeness (QED) is 0.258. The molecule has 0 aliphatic carbocycles. The summed E-state index contributed by atoms with van der Waals surface area (Å²) in [6.45, 7) is 6.50. The maximum absolute atomic E-state index is 11.9. The van der Waals surface area contributed by atoms with E-state index in [1.807, 2.05) is 32.5 Å². The van der Waals surface area contributed by atoms with Gasteiger partial charge in [-0.3, -0.25) is 9.59 Å². The van der Waals surface area contributed by atoms with Crippen molar-refractivity contribution in [3.63, 3.8) is 0 Å². The number of aliphatic carboxylic acids is 1. The molecule has 4 unspecified atom stereocenters. The fourth-order valence-corrected chi connectivity index (χ4v) is 5.89. The standard InChI is InChI=1S/C22H39N3O4S/c1-22(2,3)15(20(27)28)10-8-9-13-23-18(26)12-7-5-4-6-11-17-19-16(14-30-17)24-21(29)25-19/h15-17,19H,4-14H2,1-3H3,(H,23,26)(H,27,28)(H2,24,25,29). The number of rotatable bonds is 13. The van der Waals surface area contributed by atoms with Crippen LogP contribution in [0.15, 0.2) is 0 Å². The molecule has 8 heteroatoms. The van der Waals surface area contributed by atoms with Crippen LogP contribution >= 0.6 is 11.8 Å². The average Bonchev–Trinajstić information content (AvgIpc) is 3.19. The van der Waals surface area contributed by atoms with E-state index in [0.717, 1.165) is 50.7 Å². The van der Waals surface area contributed by atoms with Crippen molar-refractivity contribution in [3.05, 3.63) is 0 Å². The molecule has 0 saturated carbocycles. The van der Waals surface area contributed by atoms with Gasteiger partial charge >= 0.3 is 12.0 Å². The molecule has 0 aromatic heterocycles. The Balaban J connectivity index is 1.44. The van der Waals surface area contributed by atoms with Crippen molar-refractivity contribution in [2.45, 2.75) is 95.9 Å². The highest BCUT2D eigenvalue weighted by Gasteiger charge is 2.42. The summed E-state index contributed by atoms with van der Waals surface area (Å²) in [7, 11) is 0. The lowest BCUT2D eigenvalue weighted by atomic mass is 9.78. The molecule has 0 spiro atoms. The lowest BCUT2D eigenvalue weighted by Crippen LogP contribution is -2.36. The number of amides is 3. The van der Waals surface area contributed by atoms with Crippen LogP contribution in [0.25, 0.3) is 0 Å². The number of urea groups is 1. The van der Waals surface area contributed by atoms with Crippen molar-refractivity contribution in [2.24, 2.45) is 11.3 Å². The van der Waals surface area contributed by atoms with Crippen LogP contribution in [0.3, 0.4) is 0 Å². The molecule has 4 atom stereocenters. The number of nitrogens with one attached hydrogen (secondary N) is 3. The molecule has 2 aliphatic heterocycles. The third-order valence-corrected chi connectivity index (χ3v) is 7.67. The second kappa shape index (κ2) is 11.8. The topological polar surface area (TPSA) is 108 Å². The lowest BCUT2D eigenvalue weighted by molar-refractivity contribution is -0.145. The predicted molar refractivity (Wildman–Crippen MR) is 121 cm³/mol. The van der Waals surface area contributed by atoms with Gasteiger partial charge < -0.3 is 21.1 Å². The van der Waals surface area contributed by atoms with Crippen LogP contribution in [0.5, 0.6) is 0 Å². The second-order valence-electron chi connectivity index (χ2n) is 9.68. The first kappa shape index (κ1) is 24.8. The van der Waals surface area contributed by atoms with Gasteiger partial charge in [0.15, 0.2) is 0 Å². The molecule has 2 fully saturated rings. The zero-order valence-electron chi connectivity index (χ0n) is 18.7. The highest BCUT2D eigenvalue weighted by Crippen LogP contribution is 2.33. The van der Waals surface area contributed by atoms with Crippen LogP contribution in [-0.4, -0.2) is 52.6 Å². The molecule has 172 valence electrons. The fourth-order valence-electron chi connectivity index (χ4n) is 4.34. The first-order valence-corrected chi connectivity index (χ1v) is 12.4. The molecule has 0 aromatic carbocycles. The Labute approximate surface area is 184 Å². The Morgan fingerprint density at radius 1 is 1.13 bits per heavy atom. The summed E-state index contributed by atoms with van der Waals surface area (Å²) in [5, 5.41) is 18.8. The zero-order valence-corrected chi connectivity index (χ0v) is 19.5. The number of carbonyl (C=O) groups is 3. The molecule has 4 N–H and O–H groups in total. The van der Waals surface area contributed by atoms with Crippen molar-refractivity contribution >= 4 is 29.7 Å². The highest BCUT2D eigenvalue weighted by molar-refractivity contribution is 8.00. The van der Waals surface area contributed by atoms with Crippen LogP contribution < -0.4 is 16.0 Å². The van der Waals surface area contributed by atoms with Gasteiger partial charge in [-0.05, 0) is 31.1 Å². The number of thioether (sulfide) groups is 1. The monoisotopic (exact) mass is 441 g/mol. The summed E-state index contributed by atoms with van der Waals surface area (Å²) < 4.78 is 0. The summed E-state index contributed by atoms with van der Waals surface area (Å²) in [4.78, 5) is 34.7. The number of hydrogen-bond donors (Lipinski definition) is 4. The van der Waals surface area contributed by atoms with E-state index in [2.05, 4.69) is 16.0 Å². The minimum Gasteiger partial charge on any atom is -0.481 e. The molecule has 2 heterocycles. The minimum atomic E-state index is -0.734. The van der Waals surface area contributed by atoms with Gasteiger partial charge in [-0.2, -0.15) is 11.8 Å². The van der Waals surface area contributed by atoms with E-state index in [4.69, 9.17) is 0 Å². The van der Waals surface area contributed by atoms with Crippen LogP contribution in [-0.2, 0) is 9.59 Å². The highest BCUT2D eigenvalue weighted by atomic mass is 32.2. The molecule has 0 radical (unpaired) electrons. The maximum atomic E-state index is 11.9. The fraction of sp³-hybridized carbons (Fsp3) is 0.864. The number of carboxylic acid groups (broad SMARTS) is 1. The molecule has 30 heavy (non-hydrogen) atoms.